The van der Waals surface area contributed by atoms with Crippen LogP contribution in [0.1, 0.15) is 24.5 Å². The minimum Gasteiger partial charge on any atom is -0.384 e. The Balaban J connectivity index is 1.97. The van der Waals surface area contributed by atoms with Gasteiger partial charge in [0.15, 0.2) is 0 Å². The van der Waals surface area contributed by atoms with Gasteiger partial charge in [0, 0.05) is 18.3 Å². The number of anilines is 1. The third kappa shape index (κ3) is 1.56. The van der Waals surface area contributed by atoms with Crippen LogP contribution >= 0.6 is 0 Å². The fraction of sp³-hybridized carbons (Fsp3) is 0.300. The zero-order valence-corrected chi connectivity index (χ0v) is 8.17. The van der Waals surface area contributed by atoms with E-state index in [1.54, 1.807) is 16.9 Å². The van der Waals surface area contributed by atoms with E-state index < -0.39 is 0 Å². The van der Waals surface area contributed by atoms with Crippen LogP contribution in [-0.2, 0) is 0 Å². The molecule has 5 heteroatoms. The van der Waals surface area contributed by atoms with Gasteiger partial charge in [-0.2, -0.15) is 10.1 Å². The minimum absolute atomic E-state index is 0.462. The monoisotopic (exact) mass is 201 g/mol. The number of nitrogen functional groups attached to an aromatic ring is 1. The van der Waals surface area contributed by atoms with E-state index in [0.29, 0.717) is 17.7 Å². The Morgan fingerprint density at radius 3 is 2.93 bits per heavy atom. The summed E-state index contributed by atoms with van der Waals surface area (Å²) in [6.45, 7) is 0. The summed E-state index contributed by atoms with van der Waals surface area (Å²) in [5, 5.41) is 4.42. The van der Waals surface area contributed by atoms with Crippen molar-refractivity contribution in [3.63, 3.8) is 0 Å². The number of nitrogens with zero attached hydrogens (tertiary/aromatic N) is 4. The van der Waals surface area contributed by atoms with Gasteiger partial charge >= 0.3 is 0 Å². The highest BCUT2D eigenvalue weighted by Gasteiger charge is 2.26. The smallest absolute Gasteiger partial charge is 0.252 e. The zero-order chi connectivity index (χ0) is 10.3. The molecule has 1 aliphatic carbocycles. The zero-order valence-electron chi connectivity index (χ0n) is 8.17. The van der Waals surface area contributed by atoms with Gasteiger partial charge in [-0.15, -0.1) is 0 Å². The van der Waals surface area contributed by atoms with Crippen molar-refractivity contribution in [2.45, 2.75) is 18.8 Å². The molecule has 1 saturated carbocycles. The predicted molar refractivity (Wildman–Crippen MR) is 55.5 cm³/mol. The molecule has 0 radical (unpaired) electrons. The molecule has 1 fully saturated rings. The second-order valence-electron chi connectivity index (χ2n) is 3.74. The van der Waals surface area contributed by atoms with Crippen molar-refractivity contribution in [3.05, 3.63) is 30.2 Å². The van der Waals surface area contributed by atoms with Gasteiger partial charge in [-0.3, -0.25) is 0 Å². The van der Waals surface area contributed by atoms with Crippen LogP contribution < -0.4 is 5.73 Å². The van der Waals surface area contributed by atoms with Gasteiger partial charge in [0.25, 0.3) is 5.95 Å². The molecule has 2 heterocycles. The van der Waals surface area contributed by atoms with Crippen LogP contribution in [0.2, 0.25) is 0 Å². The van der Waals surface area contributed by atoms with Crippen LogP contribution in [0, 0.1) is 0 Å². The predicted octanol–water partition coefficient (Wildman–Crippen LogP) is 1.12. The summed E-state index contributed by atoms with van der Waals surface area (Å²) in [6.07, 6.45) is 6.00. The van der Waals surface area contributed by atoms with Crippen LogP contribution in [0.5, 0.6) is 0 Å². The van der Waals surface area contributed by atoms with E-state index in [1.165, 1.54) is 12.8 Å². The van der Waals surface area contributed by atoms with Crippen LogP contribution in [-0.4, -0.2) is 19.7 Å². The molecular formula is C10H11N5. The maximum absolute atomic E-state index is 5.58. The van der Waals surface area contributed by atoms with Gasteiger partial charge in [-0.05, 0) is 25.0 Å². The molecule has 15 heavy (non-hydrogen) atoms. The molecule has 5 nitrogen and oxygen atoms in total. The SMILES string of the molecule is Nc1ccnc(-n2ccc(C3CC3)n2)n1. The Morgan fingerprint density at radius 2 is 2.20 bits per heavy atom. The van der Waals surface area contributed by atoms with Crippen molar-refractivity contribution in [1.29, 1.82) is 0 Å². The third-order valence-corrected chi connectivity index (χ3v) is 2.47. The molecule has 1 aliphatic rings. The second-order valence-corrected chi connectivity index (χ2v) is 3.74. The second kappa shape index (κ2) is 3.05. The van der Waals surface area contributed by atoms with Gasteiger partial charge < -0.3 is 5.73 Å². The van der Waals surface area contributed by atoms with E-state index in [0.717, 1.165) is 5.69 Å². The summed E-state index contributed by atoms with van der Waals surface area (Å²) in [6, 6.07) is 3.68. The Morgan fingerprint density at radius 1 is 1.33 bits per heavy atom. The lowest BCUT2D eigenvalue weighted by atomic mass is 10.3. The summed E-state index contributed by atoms with van der Waals surface area (Å²) in [4.78, 5) is 8.22. The topological polar surface area (TPSA) is 69.6 Å². The number of nitrogens with two attached hydrogens (primary N) is 1. The summed E-state index contributed by atoms with van der Waals surface area (Å²) in [5.41, 5.74) is 6.71. The van der Waals surface area contributed by atoms with Crippen molar-refractivity contribution in [2.24, 2.45) is 0 Å². The number of aromatic nitrogens is 4. The minimum atomic E-state index is 0.462. The maximum Gasteiger partial charge on any atom is 0.252 e. The molecule has 2 aromatic rings. The Kier molecular flexibility index (Phi) is 1.71. The highest BCUT2D eigenvalue weighted by Crippen LogP contribution is 2.38. The first-order valence-electron chi connectivity index (χ1n) is 4.97. The van der Waals surface area contributed by atoms with Crippen LogP contribution in [0.25, 0.3) is 5.95 Å². The number of rotatable bonds is 2. The van der Waals surface area contributed by atoms with Crippen molar-refractivity contribution in [2.75, 3.05) is 5.73 Å². The standard InChI is InChI=1S/C10H11N5/c11-9-3-5-12-10(13-9)15-6-4-8(14-15)7-1-2-7/h3-7H,1-2H2,(H2,11,12,13). The van der Waals surface area contributed by atoms with Crippen molar-refractivity contribution < 1.29 is 0 Å². The first-order chi connectivity index (χ1) is 7.33. The van der Waals surface area contributed by atoms with Crippen LogP contribution in [0.3, 0.4) is 0 Å². The molecule has 0 atom stereocenters. The van der Waals surface area contributed by atoms with Crippen LogP contribution in [0.4, 0.5) is 5.82 Å². The molecule has 0 amide bonds. The number of hydrogen-bond donors (Lipinski definition) is 1. The normalized spacial score (nSPS) is 15.5. The van der Waals surface area contributed by atoms with E-state index in [9.17, 15) is 0 Å². The van der Waals surface area contributed by atoms with Gasteiger partial charge in [0.05, 0.1) is 5.69 Å². The molecular weight excluding hydrogens is 190 g/mol. The highest BCUT2D eigenvalue weighted by atomic mass is 15.3. The Labute approximate surface area is 87.0 Å². The Hall–Kier alpha value is -1.91. The first-order valence-corrected chi connectivity index (χ1v) is 4.97. The quantitative estimate of drug-likeness (QED) is 0.790. The van der Waals surface area contributed by atoms with Crippen molar-refractivity contribution in [1.82, 2.24) is 19.7 Å². The van der Waals surface area contributed by atoms with Gasteiger partial charge in [0.1, 0.15) is 5.82 Å². The lowest BCUT2D eigenvalue weighted by Crippen LogP contribution is -2.03. The highest BCUT2D eigenvalue weighted by molar-refractivity contribution is 5.29. The average molecular weight is 201 g/mol. The summed E-state index contributed by atoms with van der Waals surface area (Å²) < 4.78 is 1.67. The van der Waals surface area contributed by atoms with Crippen LogP contribution in [0.15, 0.2) is 24.5 Å². The largest absolute Gasteiger partial charge is 0.384 e. The summed E-state index contributed by atoms with van der Waals surface area (Å²) >= 11 is 0. The van der Waals surface area contributed by atoms with E-state index >= 15 is 0 Å². The van der Waals surface area contributed by atoms with Gasteiger partial charge in [-0.1, -0.05) is 0 Å². The summed E-state index contributed by atoms with van der Waals surface area (Å²) in [5.74, 6) is 1.64. The summed E-state index contributed by atoms with van der Waals surface area (Å²) in [7, 11) is 0. The van der Waals surface area contributed by atoms with E-state index in [1.807, 2.05) is 12.3 Å². The first kappa shape index (κ1) is 8.40. The fourth-order valence-corrected chi connectivity index (χ4v) is 1.52. The Bertz CT molecular complexity index is 486. The fourth-order valence-electron chi connectivity index (χ4n) is 1.52. The molecule has 0 aromatic carbocycles. The van der Waals surface area contributed by atoms with Crippen molar-refractivity contribution in [3.8, 4) is 5.95 Å². The molecule has 0 bridgehead atoms. The third-order valence-electron chi connectivity index (χ3n) is 2.47. The van der Waals surface area contributed by atoms with Crippen molar-refractivity contribution >= 4 is 5.82 Å². The lowest BCUT2D eigenvalue weighted by molar-refractivity contribution is 0.784. The van der Waals surface area contributed by atoms with E-state index in [4.69, 9.17) is 5.73 Å². The van der Waals surface area contributed by atoms with Gasteiger partial charge in [0.2, 0.25) is 0 Å². The average Bonchev–Trinajstić information content (AvgIpc) is 2.97. The maximum atomic E-state index is 5.58. The number of hydrogen-bond acceptors (Lipinski definition) is 4. The molecule has 0 saturated heterocycles. The lowest BCUT2D eigenvalue weighted by Gasteiger charge is -1.99. The molecule has 0 spiro atoms. The van der Waals surface area contributed by atoms with Gasteiger partial charge in [-0.25, -0.2) is 9.67 Å². The molecule has 2 aromatic heterocycles. The molecule has 2 N–H and O–H groups in total. The molecule has 0 unspecified atom stereocenters. The molecule has 3 rings (SSSR count). The molecule has 0 aliphatic heterocycles. The van der Waals surface area contributed by atoms with E-state index in [2.05, 4.69) is 15.1 Å². The molecule has 76 valence electrons. The van der Waals surface area contributed by atoms with E-state index in [-0.39, 0.29) is 0 Å².